The Morgan fingerprint density at radius 2 is 0.961 bits per heavy atom. The molecule has 1 atom stereocenters. The van der Waals surface area contributed by atoms with Crippen molar-refractivity contribution in [1.29, 1.82) is 0 Å². The second-order valence-electron chi connectivity index (χ2n) is 12.9. The van der Waals surface area contributed by atoms with Crippen molar-refractivity contribution in [2.45, 2.75) is 0 Å². The summed E-state index contributed by atoms with van der Waals surface area (Å²) >= 11 is 0. The van der Waals surface area contributed by atoms with E-state index in [4.69, 9.17) is 9.97 Å². The normalized spacial score (nSPS) is 14.8. The molecule has 0 amide bonds. The molecule has 0 N–H and O–H groups in total. The largest absolute Gasteiger partial charge is 0.309 e. The molecule has 1 aliphatic rings. The summed E-state index contributed by atoms with van der Waals surface area (Å²) in [4.78, 5) is 10.5. The molecule has 0 spiro atoms. The first kappa shape index (κ1) is 29.6. The molecule has 3 heterocycles. The van der Waals surface area contributed by atoms with Crippen LogP contribution < -0.4 is 15.9 Å². The fraction of sp³-hybridized carbons (Fsp3) is 0. The predicted octanol–water partition coefficient (Wildman–Crippen LogP) is 10.2. The summed E-state index contributed by atoms with van der Waals surface area (Å²) in [5, 5.41) is 4.70. The standard InChI is InChI=1S/C46H30N3OP/c50-51(35-18-8-3-9-19-35)44-23-13-11-21-37(44)39-28-43-38(29-45(39)51)36-20-10-12-22-42(36)49(43)46-47-40(33-16-6-2-7-17-33)30-41(48-46)34-26-24-32(25-27-34)31-14-4-1-5-15-31/h1-30H. The van der Waals surface area contributed by atoms with E-state index in [0.29, 0.717) is 5.95 Å². The van der Waals surface area contributed by atoms with E-state index < -0.39 is 7.14 Å². The summed E-state index contributed by atoms with van der Waals surface area (Å²) in [5.74, 6) is 0.585. The number of hydrogen-bond donors (Lipinski definition) is 0. The van der Waals surface area contributed by atoms with Crippen LogP contribution in [0.15, 0.2) is 182 Å². The van der Waals surface area contributed by atoms with Crippen LogP contribution >= 0.6 is 7.14 Å². The Morgan fingerprint density at radius 1 is 0.412 bits per heavy atom. The number of rotatable bonds is 5. The van der Waals surface area contributed by atoms with E-state index in [1.807, 2.05) is 72.8 Å². The highest BCUT2D eigenvalue weighted by molar-refractivity contribution is 7.86. The molecule has 0 aliphatic carbocycles. The maximum absolute atomic E-state index is 15.4. The number of aromatic nitrogens is 3. The number of hydrogen-bond acceptors (Lipinski definition) is 3. The Bertz CT molecular complexity index is 2810. The third-order valence-corrected chi connectivity index (χ3v) is 13.2. The Kier molecular flexibility index (Phi) is 6.74. The summed E-state index contributed by atoms with van der Waals surface area (Å²) in [6.45, 7) is 0. The topological polar surface area (TPSA) is 47.8 Å². The lowest BCUT2D eigenvalue weighted by Gasteiger charge is -2.16. The van der Waals surface area contributed by atoms with Crippen molar-refractivity contribution < 1.29 is 4.57 Å². The minimum absolute atomic E-state index is 0.585. The smallest absolute Gasteiger partial charge is 0.235 e. The maximum Gasteiger partial charge on any atom is 0.235 e. The van der Waals surface area contributed by atoms with Crippen molar-refractivity contribution in [3.05, 3.63) is 182 Å². The molecule has 1 unspecified atom stereocenters. The minimum atomic E-state index is -3.11. The minimum Gasteiger partial charge on any atom is -0.309 e. The average molecular weight is 672 g/mol. The van der Waals surface area contributed by atoms with Gasteiger partial charge in [0.2, 0.25) is 5.95 Å². The molecule has 10 rings (SSSR count). The van der Waals surface area contributed by atoms with Crippen LogP contribution in [0.25, 0.3) is 72.5 Å². The van der Waals surface area contributed by atoms with Crippen LogP contribution in [-0.4, -0.2) is 14.5 Å². The Morgan fingerprint density at radius 3 is 1.69 bits per heavy atom. The van der Waals surface area contributed by atoms with Crippen molar-refractivity contribution in [3.63, 3.8) is 0 Å². The van der Waals surface area contributed by atoms with E-state index in [1.54, 1.807) is 0 Å². The van der Waals surface area contributed by atoms with Gasteiger partial charge in [0.25, 0.3) is 0 Å². The van der Waals surface area contributed by atoms with Gasteiger partial charge in [-0.3, -0.25) is 4.57 Å². The van der Waals surface area contributed by atoms with Gasteiger partial charge < -0.3 is 4.57 Å². The van der Waals surface area contributed by atoms with Gasteiger partial charge >= 0.3 is 0 Å². The van der Waals surface area contributed by atoms with Gasteiger partial charge in [-0.05, 0) is 46.5 Å². The summed E-state index contributed by atoms with van der Waals surface area (Å²) < 4.78 is 17.6. The van der Waals surface area contributed by atoms with Crippen molar-refractivity contribution in [2.75, 3.05) is 0 Å². The number of para-hydroxylation sites is 1. The fourth-order valence-corrected chi connectivity index (χ4v) is 10.7. The van der Waals surface area contributed by atoms with E-state index >= 15 is 4.57 Å². The summed E-state index contributed by atoms with van der Waals surface area (Å²) in [6, 6.07) is 62.2. The van der Waals surface area contributed by atoms with Gasteiger partial charge in [-0.2, -0.15) is 0 Å². The fourth-order valence-electron chi connectivity index (χ4n) is 7.62. The summed E-state index contributed by atoms with van der Waals surface area (Å²) in [7, 11) is -3.11. The van der Waals surface area contributed by atoms with Crippen molar-refractivity contribution in [3.8, 4) is 50.7 Å². The lowest BCUT2D eigenvalue weighted by molar-refractivity contribution is 0.593. The molecule has 0 saturated carbocycles. The lowest BCUT2D eigenvalue weighted by Crippen LogP contribution is -2.20. The van der Waals surface area contributed by atoms with Crippen LogP contribution in [0.5, 0.6) is 0 Å². The predicted molar refractivity (Wildman–Crippen MR) is 211 cm³/mol. The third kappa shape index (κ3) is 4.65. The SMILES string of the molecule is O=P1(c2ccccc2)c2ccccc2-c2cc3c(cc21)c1ccccc1n3-c1nc(-c2ccccc2)cc(-c2ccc(-c3ccccc3)cc2)n1. The summed E-state index contributed by atoms with van der Waals surface area (Å²) in [5.41, 5.74) is 10.0. The van der Waals surface area contributed by atoms with Gasteiger partial charge in [-0.25, -0.2) is 9.97 Å². The van der Waals surface area contributed by atoms with Crippen LogP contribution in [0.2, 0.25) is 0 Å². The van der Waals surface area contributed by atoms with Gasteiger partial charge in [0.15, 0.2) is 7.14 Å². The second kappa shape index (κ2) is 11.6. The third-order valence-electron chi connectivity index (χ3n) is 10.1. The molecule has 2 aromatic heterocycles. The zero-order valence-corrected chi connectivity index (χ0v) is 28.4. The second-order valence-corrected chi connectivity index (χ2v) is 15.6. The monoisotopic (exact) mass is 671 g/mol. The Balaban J connectivity index is 1.23. The van der Waals surface area contributed by atoms with Crippen LogP contribution in [-0.2, 0) is 4.57 Å². The first-order valence-electron chi connectivity index (χ1n) is 17.1. The van der Waals surface area contributed by atoms with Gasteiger partial charge in [-0.15, -0.1) is 0 Å². The van der Waals surface area contributed by atoms with Gasteiger partial charge in [0.1, 0.15) is 0 Å². The molecule has 1 aliphatic heterocycles. The zero-order valence-electron chi connectivity index (χ0n) is 27.5. The van der Waals surface area contributed by atoms with E-state index in [9.17, 15) is 0 Å². The highest BCUT2D eigenvalue weighted by Gasteiger charge is 2.40. The zero-order chi connectivity index (χ0) is 33.9. The maximum atomic E-state index is 15.4. The van der Waals surface area contributed by atoms with E-state index in [2.05, 4.69) is 114 Å². The highest BCUT2D eigenvalue weighted by Crippen LogP contribution is 2.53. The lowest BCUT2D eigenvalue weighted by atomic mass is 10.0. The molecule has 4 nitrogen and oxygen atoms in total. The first-order chi connectivity index (χ1) is 25.2. The van der Waals surface area contributed by atoms with Crippen molar-refractivity contribution >= 4 is 44.9 Å². The average Bonchev–Trinajstić information content (AvgIpc) is 3.67. The highest BCUT2D eigenvalue weighted by atomic mass is 31.2. The Labute approximate surface area is 295 Å². The van der Waals surface area contributed by atoms with Crippen molar-refractivity contribution in [1.82, 2.24) is 14.5 Å². The molecule has 0 fully saturated rings. The van der Waals surface area contributed by atoms with E-state index in [1.165, 1.54) is 5.56 Å². The molecule has 0 bridgehead atoms. The Hall–Kier alpha value is -6.35. The molecular weight excluding hydrogens is 642 g/mol. The van der Waals surface area contributed by atoms with Crippen LogP contribution in [0, 0.1) is 0 Å². The molecule has 0 radical (unpaired) electrons. The quantitative estimate of drug-likeness (QED) is 0.171. The number of nitrogens with zero attached hydrogens (tertiary/aromatic N) is 3. The summed E-state index contributed by atoms with van der Waals surface area (Å²) in [6.07, 6.45) is 0. The molecule has 0 saturated heterocycles. The molecular formula is C46H30N3OP. The molecule has 7 aromatic carbocycles. The van der Waals surface area contributed by atoms with Gasteiger partial charge in [-0.1, -0.05) is 158 Å². The van der Waals surface area contributed by atoms with Crippen LogP contribution in [0.4, 0.5) is 0 Å². The molecule has 5 heteroatoms. The molecule has 9 aromatic rings. The number of benzene rings is 7. The van der Waals surface area contributed by atoms with Crippen LogP contribution in [0.3, 0.4) is 0 Å². The van der Waals surface area contributed by atoms with Crippen molar-refractivity contribution in [2.24, 2.45) is 0 Å². The first-order valence-corrected chi connectivity index (χ1v) is 18.8. The van der Waals surface area contributed by atoms with Gasteiger partial charge in [0, 0.05) is 37.8 Å². The van der Waals surface area contributed by atoms with E-state index in [0.717, 1.165) is 76.9 Å². The van der Waals surface area contributed by atoms with E-state index in [-0.39, 0.29) is 0 Å². The van der Waals surface area contributed by atoms with Crippen LogP contribution in [0.1, 0.15) is 0 Å². The van der Waals surface area contributed by atoms with Gasteiger partial charge in [0.05, 0.1) is 22.4 Å². The molecule has 240 valence electrons. The molecule has 51 heavy (non-hydrogen) atoms. The number of fused-ring (bicyclic) bond motifs is 6.